The Bertz CT molecular complexity index is 530. The predicted octanol–water partition coefficient (Wildman–Crippen LogP) is 4.36. The molecule has 0 aliphatic rings. The minimum Gasteiger partial charge on any atom is -0.316 e. The van der Waals surface area contributed by atoms with Gasteiger partial charge in [-0.1, -0.05) is 68.4 Å². The van der Waals surface area contributed by atoms with Crippen LogP contribution in [0, 0.1) is 6.92 Å². The largest absolute Gasteiger partial charge is 0.316 e. The zero-order valence-corrected chi connectivity index (χ0v) is 12.6. The zero-order valence-electron chi connectivity index (χ0n) is 12.6. The smallest absolute Gasteiger partial charge is 0.0243 e. The number of rotatable bonds is 5. The molecule has 2 aromatic rings. The fourth-order valence-corrected chi connectivity index (χ4v) is 2.60. The van der Waals surface area contributed by atoms with Crippen molar-refractivity contribution in [3.63, 3.8) is 0 Å². The lowest BCUT2D eigenvalue weighted by molar-refractivity contribution is 0.591. The predicted molar refractivity (Wildman–Crippen MR) is 87.0 cm³/mol. The number of benzene rings is 2. The Morgan fingerprint density at radius 2 is 1.45 bits per heavy atom. The van der Waals surface area contributed by atoms with E-state index in [1.54, 1.807) is 0 Å². The molecule has 0 fully saturated rings. The molecule has 2 aromatic carbocycles. The standard InChI is InChI=1S/C19H24N/c1-14(2)17-11-8-12-18(13-17)19(15(3)20-4)16-9-6-5-7-10-16/h5-15,19-20H,3H2,1-2,4H3. The highest BCUT2D eigenvalue weighted by molar-refractivity contribution is 5.37. The minimum atomic E-state index is 0.153. The van der Waals surface area contributed by atoms with Gasteiger partial charge in [-0.3, -0.25) is 0 Å². The van der Waals surface area contributed by atoms with Gasteiger partial charge in [0.1, 0.15) is 0 Å². The summed E-state index contributed by atoms with van der Waals surface area (Å²) in [6.07, 6.45) is 0. The van der Waals surface area contributed by atoms with E-state index >= 15 is 0 Å². The van der Waals surface area contributed by atoms with Gasteiger partial charge in [0.05, 0.1) is 0 Å². The Kier molecular flexibility index (Phi) is 4.97. The van der Waals surface area contributed by atoms with Crippen LogP contribution in [0.4, 0.5) is 0 Å². The Morgan fingerprint density at radius 3 is 2.05 bits per heavy atom. The summed E-state index contributed by atoms with van der Waals surface area (Å²) in [5, 5.41) is 3.30. The summed E-state index contributed by atoms with van der Waals surface area (Å²) < 4.78 is 0. The minimum absolute atomic E-state index is 0.153. The van der Waals surface area contributed by atoms with Gasteiger partial charge in [-0.05, 0) is 36.6 Å². The van der Waals surface area contributed by atoms with Gasteiger partial charge in [-0.2, -0.15) is 0 Å². The van der Waals surface area contributed by atoms with Crippen molar-refractivity contribution < 1.29 is 0 Å². The lowest BCUT2D eigenvalue weighted by Crippen LogP contribution is -2.30. The third-order valence-electron chi connectivity index (χ3n) is 3.87. The molecule has 0 spiro atoms. The van der Waals surface area contributed by atoms with Gasteiger partial charge in [0.25, 0.3) is 0 Å². The zero-order chi connectivity index (χ0) is 14.5. The maximum absolute atomic E-state index is 4.27. The van der Waals surface area contributed by atoms with E-state index in [4.69, 9.17) is 0 Å². The maximum Gasteiger partial charge on any atom is 0.0243 e. The second kappa shape index (κ2) is 6.71. The van der Waals surface area contributed by atoms with Gasteiger partial charge < -0.3 is 5.32 Å². The summed E-state index contributed by atoms with van der Waals surface area (Å²) >= 11 is 0. The van der Waals surface area contributed by atoms with Gasteiger partial charge in [0.15, 0.2) is 0 Å². The van der Waals surface area contributed by atoms with Gasteiger partial charge in [0.2, 0.25) is 0 Å². The summed E-state index contributed by atoms with van der Waals surface area (Å²) in [6.45, 7) is 8.74. The van der Waals surface area contributed by atoms with Crippen LogP contribution in [0.5, 0.6) is 0 Å². The van der Waals surface area contributed by atoms with Crippen LogP contribution < -0.4 is 5.32 Å². The topological polar surface area (TPSA) is 12.0 Å². The first-order valence-corrected chi connectivity index (χ1v) is 7.28. The number of likely N-dealkylation sites (N-methyl/N-ethyl adjacent to an activating group) is 1. The van der Waals surface area contributed by atoms with Crippen molar-refractivity contribution in [3.05, 3.63) is 78.2 Å². The summed E-state index contributed by atoms with van der Waals surface area (Å²) in [4.78, 5) is 0. The average molecular weight is 266 g/mol. The summed E-state index contributed by atoms with van der Waals surface area (Å²) in [6, 6.07) is 19.6. The summed E-state index contributed by atoms with van der Waals surface area (Å²) in [5.74, 6) is 0.823. The molecular formula is C19H24N. The third kappa shape index (κ3) is 3.29. The van der Waals surface area contributed by atoms with Crippen molar-refractivity contribution in [2.45, 2.75) is 31.7 Å². The van der Waals surface area contributed by atoms with Gasteiger partial charge in [-0.25, -0.2) is 0 Å². The fourth-order valence-electron chi connectivity index (χ4n) is 2.60. The van der Waals surface area contributed by atoms with Crippen LogP contribution in [-0.4, -0.2) is 13.1 Å². The van der Waals surface area contributed by atoms with Crippen molar-refractivity contribution in [2.24, 2.45) is 0 Å². The van der Waals surface area contributed by atoms with E-state index < -0.39 is 0 Å². The molecule has 0 amide bonds. The van der Waals surface area contributed by atoms with Crippen LogP contribution in [0.2, 0.25) is 0 Å². The molecule has 1 heteroatoms. The summed E-state index contributed by atoms with van der Waals surface area (Å²) in [7, 11) is 1.97. The first-order valence-electron chi connectivity index (χ1n) is 7.28. The van der Waals surface area contributed by atoms with E-state index in [2.05, 4.69) is 80.7 Å². The van der Waals surface area contributed by atoms with E-state index in [0.717, 1.165) is 0 Å². The molecule has 0 saturated carbocycles. The van der Waals surface area contributed by atoms with Gasteiger partial charge >= 0.3 is 0 Å². The molecular weight excluding hydrogens is 242 g/mol. The molecule has 2 unspecified atom stereocenters. The molecule has 20 heavy (non-hydrogen) atoms. The average Bonchev–Trinajstić information content (AvgIpc) is 2.48. The second-order valence-electron chi connectivity index (χ2n) is 5.61. The van der Waals surface area contributed by atoms with Crippen LogP contribution in [0.3, 0.4) is 0 Å². The lowest BCUT2D eigenvalue weighted by Gasteiger charge is -2.25. The highest BCUT2D eigenvalue weighted by atomic mass is 14.9. The number of hydrogen-bond donors (Lipinski definition) is 1. The Balaban J connectivity index is 2.44. The van der Waals surface area contributed by atoms with Crippen molar-refractivity contribution in [2.75, 3.05) is 7.05 Å². The highest BCUT2D eigenvalue weighted by Crippen LogP contribution is 2.29. The third-order valence-corrected chi connectivity index (χ3v) is 3.87. The van der Waals surface area contributed by atoms with Crippen LogP contribution in [0.1, 0.15) is 42.4 Å². The second-order valence-corrected chi connectivity index (χ2v) is 5.61. The van der Waals surface area contributed by atoms with E-state index in [-0.39, 0.29) is 12.0 Å². The molecule has 2 atom stereocenters. The molecule has 105 valence electrons. The molecule has 0 heterocycles. The Hall–Kier alpha value is -1.60. The highest BCUT2D eigenvalue weighted by Gasteiger charge is 2.20. The molecule has 1 N–H and O–H groups in total. The van der Waals surface area contributed by atoms with Crippen LogP contribution in [-0.2, 0) is 0 Å². The molecule has 0 saturated heterocycles. The fraction of sp³-hybridized carbons (Fsp3) is 0.316. The van der Waals surface area contributed by atoms with Crippen molar-refractivity contribution >= 4 is 0 Å². The SMILES string of the molecule is [CH2]C(NC)C(c1ccccc1)c1cccc(C(C)C)c1. The molecule has 0 aliphatic heterocycles. The van der Waals surface area contributed by atoms with E-state index in [1.165, 1.54) is 16.7 Å². The number of nitrogens with one attached hydrogen (secondary N) is 1. The van der Waals surface area contributed by atoms with E-state index in [9.17, 15) is 0 Å². The van der Waals surface area contributed by atoms with E-state index in [1.807, 2.05) is 7.05 Å². The van der Waals surface area contributed by atoms with Crippen LogP contribution in [0.15, 0.2) is 54.6 Å². The molecule has 1 nitrogen and oxygen atoms in total. The molecule has 0 aromatic heterocycles. The first-order chi connectivity index (χ1) is 9.63. The van der Waals surface area contributed by atoms with Crippen molar-refractivity contribution in [1.29, 1.82) is 0 Å². The van der Waals surface area contributed by atoms with Gasteiger partial charge in [0, 0.05) is 12.0 Å². The van der Waals surface area contributed by atoms with Crippen LogP contribution in [0.25, 0.3) is 0 Å². The molecule has 0 bridgehead atoms. The van der Waals surface area contributed by atoms with Gasteiger partial charge in [-0.15, -0.1) is 0 Å². The lowest BCUT2D eigenvalue weighted by atomic mass is 9.84. The molecule has 1 radical (unpaired) electrons. The van der Waals surface area contributed by atoms with Crippen LogP contribution >= 0.6 is 0 Å². The molecule has 2 rings (SSSR count). The van der Waals surface area contributed by atoms with E-state index in [0.29, 0.717) is 5.92 Å². The van der Waals surface area contributed by atoms with Crippen molar-refractivity contribution in [1.82, 2.24) is 5.32 Å². The maximum atomic E-state index is 4.27. The Morgan fingerprint density at radius 1 is 0.850 bits per heavy atom. The number of hydrogen-bond acceptors (Lipinski definition) is 1. The normalized spacial score (nSPS) is 14.2. The first kappa shape index (κ1) is 14.8. The van der Waals surface area contributed by atoms with Crippen molar-refractivity contribution in [3.8, 4) is 0 Å². The molecule has 0 aliphatic carbocycles. The quantitative estimate of drug-likeness (QED) is 0.847. The monoisotopic (exact) mass is 266 g/mol. The Labute approximate surface area is 123 Å². The summed E-state index contributed by atoms with van der Waals surface area (Å²) in [5.41, 5.74) is 4.02.